The molecule has 0 spiro atoms. The van der Waals surface area contributed by atoms with Gasteiger partial charge in [-0.25, -0.2) is 8.42 Å². The van der Waals surface area contributed by atoms with Crippen molar-refractivity contribution in [3.8, 4) is 0 Å². The Morgan fingerprint density at radius 2 is 1.54 bits per heavy atom. The Morgan fingerprint density at radius 3 is 2.13 bits per heavy atom. The van der Waals surface area contributed by atoms with Crippen molar-refractivity contribution in [2.75, 3.05) is 10.8 Å². The van der Waals surface area contributed by atoms with Crippen LogP contribution >= 0.6 is 11.6 Å². The number of sulfonamides is 1. The molecule has 39 heavy (non-hydrogen) atoms. The third-order valence-electron chi connectivity index (χ3n) is 6.77. The summed E-state index contributed by atoms with van der Waals surface area (Å²) in [5.74, 6) is -0.804. The Bertz CT molecular complexity index is 1390. The fourth-order valence-electron chi connectivity index (χ4n) is 3.99. The number of nitrogens with one attached hydrogen (secondary N) is 1. The van der Waals surface area contributed by atoms with Crippen LogP contribution in [0.3, 0.4) is 0 Å². The van der Waals surface area contributed by atoms with Crippen LogP contribution < -0.4 is 9.62 Å². The molecule has 208 valence electrons. The normalized spacial score (nSPS) is 12.9. The molecule has 0 heterocycles. The largest absolute Gasteiger partial charge is 0.352 e. The van der Waals surface area contributed by atoms with E-state index in [1.54, 1.807) is 43.3 Å². The van der Waals surface area contributed by atoms with Crippen molar-refractivity contribution in [2.24, 2.45) is 0 Å². The Hall–Kier alpha value is -3.36. The summed E-state index contributed by atoms with van der Waals surface area (Å²) in [6.45, 7) is 8.98. The number of amides is 2. The molecule has 2 atom stereocenters. The van der Waals surface area contributed by atoms with Gasteiger partial charge in [-0.15, -0.1) is 0 Å². The molecule has 0 fully saturated rings. The van der Waals surface area contributed by atoms with Gasteiger partial charge in [0.05, 0.1) is 10.6 Å². The number of rotatable bonds is 11. The van der Waals surface area contributed by atoms with Crippen LogP contribution in [-0.2, 0) is 26.2 Å². The zero-order valence-electron chi connectivity index (χ0n) is 23.0. The molecule has 3 aromatic rings. The maximum atomic E-state index is 14.0. The molecule has 0 aliphatic rings. The lowest BCUT2D eigenvalue weighted by molar-refractivity contribution is -0.139. The maximum absolute atomic E-state index is 14.0. The van der Waals surface area contributed by atoms with E-state index >= 15 is 0 Å². The summed E-state index contributed by atoms with van der Waals surface area (Å²) in [7, 11) is -4.12. The molecular formula is C30H36ClN3O4S. The van der Waals surface area contributed by atoms with E-state index in [4.69, 9.17) is 11.6 Å². The molecule has 3 aromatic carbocycles. The van der Waals surface area contributed by atoms with E-state index in [0.29, 0.717) is 10.7 Å². The molecule has 0 aromatic heterocycles. The summed E-state index contributed by atoms with van der Waals surface area (Å²) in [5.41, 5.74) is 3.04. The Kier molecular flexibility index (Phi) is 10.2. The van der Waals surface area contributed by atoms with E-state index in [1.807, 2.05) is 52.0 Å². The van der Waals surface area contributed by atoms with E-state index in [2.05, 4.69) is 5.32 Å². The second-order valence-corrected chi connectivity index (χ2v) is 12.0. The number of hydrogen-bond donors (Lipinski definition) is 1. The Morgan fingerprint density at radius 1 is 0.923 bits per heavy atom. The third kappa shape index (κ3) is 7.61. The van der Waals surface area contributed by atoms with Gasteiger partial charge in [0, 0.05) is 17.6 Å². The molecule has 0 bridgehead atoms. The first-order valence-corrected chi connectivity index (χ1v) is 14.7. The van der Waals surface area contributed by atoms with Gasteiger partial charge in [0.2, 0.25) is 11.8 Å². The first-order chi connectivity index (χ1) is 18.4. The number of benzene rings is 3. The lowest BCUT2D eigenvalue weighted by Crippen LogP contribution is -2.52. The standard InChI is InChI=1S/C30H36ClN3O4S/c1-6-23(4)32-30(36)24(5)33(19-25-10-8-7-9-22(25)3)29(35)20-34(27-15-13-26(31)14-16-27)39(37,38)28-17-11-21(2)12-18-28/h7-18,23-24H,6,19-20H2,1-5H3,(H,32,36)/t23-,24-/m0/s1. The Balaban J connectivity index is 2.03. The number of halogens is 1. The minimum atomic E-state index is -4.12. The zero-order chi connectivity index (χ0) is 28.7. The van der Waals surface area contributed by atoms with E-state index in [1.165, 1.54) is 17.0 Å². The summed E-state index contributed by atoms with van der Waals surface area (Å²) in [4.78, 5) is 28.6. The molecule has 1 N–H and O–H groups in total. The monoisotopic (exact) mass is 569 g/mol. The van der Waals surface area contributed by atoms with Gasteiger partial charge in [0.1, 0.15) is 12.6 Å². The molecular weight excluding hydrogens is 534 g/mol. The number of aryl methyl sites for hydroxylation is 2. The summed E-state index contributed by atoms with van der Waals surface area (Å²) in [5, 5.41) is 3.38. The summed E-state index contributed by atoms with van der Waals surface area (Å²) in [6.07, 6.45) is 0.739. The van der Waals surface area contributed by atoms with Crippen molar-refractivity contribution in [1.29, 1.82) is 0 Å². The third-order valence-corrected chi connectivity index (χ3v) is 8.81. The van der Waals surface area contributed by atoms with Gasteiger partial charge < -0.3 is 10.2 Å². The predicted octanol–water partition coefficient (Wildman–Crippen LogP) is 5.48. The minimum absolute atomic E-state index is 0.0591. The average molecular weight is 570 g/mol. The molecule has 0 saturated heterocycles. The molecule has 3 rings (SSSR count). The fourth-order valence-corrected chi connectivity index (χ4v) is 5.53. The van der Waals surface area contributed by atoms with Crippen LogP contribution in [0, 0.1) is 13.8 Å². The first-order valence-electron chi connectivity index (χ1n) is 12.9. The van der Waals surface area contributed by atoms with E-state index in [-0.39, 0.29) is 23.4 Å². The van der Waals surface area contributed by atoms with Gasteiger partial charge in [-0.1, -0.05) is 60.5 Å². The number of carbonyl (C=O) groups excluding carboxylic acids is 2. The summed E-state index contributed by atoms with van der Waals surface area (Å²) < 4.78 is 28.7. The fraction of sp³-hybridized carbons (Fsp3) is 0.333. The number of hydrogen-bond acceptors (Lipinski definition) is 4. The van der Waals surface area contributed by atoms with Crippen LogP contribution in [-0.4, -0.2) is 43.8 Å². The van der Waals surface area contributed by atoms with Gasteiger partial charge in [0.25, 0.3) is 10.0 Å². The smallest absolute Gasteiger partial charge is 0.264 e. The van der Waals surface area contributed by atoms with Crippen LogP contribution in [0.2, 0.25) is 5.02 Å². The van der Waals surface area contributed by atoms with Gasteiger partial charge in [-0.3, -0.25) is 13.9 Å². The molecule has 0 unspecified atom stereocenters. The number of carbonyl (C=O) groups is 2. The highest BCUT2D eigenvalue weighted by atomic mass is 35.5. The van der Waals surface area contributed by atoms with Crippen LogP contribution in [0.1, 0.15) is 43.9 Å². The van der Waals surface area contributed by atoms with Crippen LogP contribution in [0.5, 0.6) is 0 Å². The highest BCUT2D eigenvalue weighted by molar-refractivity contribution is 7.92. The SMILES string of the molecule is CC[C@H](C)NC(=O)[C@H](C)N(Cc1ccccc1C)C(=O)CN(c1ccc(Cl)cc1)S(=O)(=O)c1ccc(C)cc1. The topological polar surface area (TPSA) is 86.8 Å². The lowest BCUT2D eigenvalue weighted by Gasteiger charge is -2.32. The van der Waals surface area contributed by atoms with E-state index in [9.17, 15) is 18.0 Å². The number of nitrogens with zero attached hydrogens (tertiary/aromatic N) is 2. The van der Waals surface area contributed by atoms with Crippen molar-refractivity contribution >= 4 is 39.1 Å². The van der Waals surface area contributed by atoms with Crippen molar-refractivity contribution in [2.45, 2.75) is 64.6 Å². The summed E-state index contributed by atoms with van der Waals surface area (Å²) >= 11 is 6.07. The quantitative estimate of drug-likeness (QED) is 0.331. The predicted molar refractivity (Wildman–Crippen MR) is 156 cm³/mol. The molecule has 0 radical (unpaired) electrons. The van der Waals surface area contributed by atoms with Crippen LogP contribution in [0.15, 0.2) is 77.7 Å². The van der Waals surface area contributed by atoms with Gasteiger partial charge in [-0.2, -0.15) is 0 Å². The molecule has 0 saturated carbocycles. The zero-order valence-corrected chi connectivity index (χ0v) is 24.6. The van der Waals surface area contributed by atoms with Crippen LogP contribution in [0.25, 0.3) is 0 Å². The highest BCUT2D eigenvalue weighted by Gasteiger charge is 2.33. The van der Waals surface area contributed by atoms with Gasteiger partial charge >= 0.3 is 0 Å². The minimum Gasteiger partial charge on any atom is -0.352 e. The molecule has 0 aliphatic carbocycles. The van der Waals surface area contributed by atoms with Crippen molar-refractivity contribution < 1.29 is 18.0 Å². The first kappa shape index (κ1) is 30.2. The maximum Gasteiger partial charge on any atom is 0.264 e. The molecule has 2 amide bonds. The highest BCUT2D eigenvalue weighted by Crippen LogP contribution is 2.26. The van der Waals surface area contributed by atoms with E-state index < -0.39 is 28.5 Å². The molecule has 0 aliphatic heterocycles. The van der Waals surface area contributed by atoms with Crippen molar-refractivity contribution in [1.82, 2.24) is 10.2 Å². The van der Waals surface area contributed by atoms with Crippen molar-refractivity contribution in [3.05, 3.63) is 94.5 Å². The van der Waals surface area contributed by atoms with Gasteiger partial charge in [-0.05, 0) is 81.6 Å². The van der Waals surface area contributed by atoms with Crippen molar-refractivity contribution in [3.63, 3.8) is 0 Å². The van der Waals surface area contributed by atoms with Crippen LogP contribution in [0.4, 0.5) is 5.69 Å². The Labute approximate surface area is 236 Å². The lowest BCUT2D eigenvalue weighted by atomic mass is 10.1. The number of anilines is 1. The molecule has 7 nitrogen and oxygen atoms in total. The molecule has 9 heteroatoms. The van der Waals surface area contributed by atoms with Gasteiger partial charge in [0.15, 0.2) is 0 Å². The second-order valence-electron chi connectivity index (χ2n) is 9.74. The van der Waals surface area contributed by atoms with E-state index in [0.717, 1.165) is 27.4 Å². The second kappa shape index (κ2) is 13.1. The summed E-state index contributed by atoms with van der Waals surface area (Å²) in [6, 6.07) is 19.4. The average Bonchev–Trinajstić information content (AvgIpc) is 2.91.